The molecule has 0 aliphatic carbocycles. The van der Waals surface area contributed by atoms with Crippen LogP contribution in [0.5, 0.6) is 0 Å². The van der Waals surface area contributed by atoms with Crippen molar-refractivity contribution in [3.05, 3.63) is 21.9 Å². The van der Waals surface area contributed by atoms with Crippen molar-refractivity contribution in [2.75, 3.05) is 6.61 Å². The zero-order valence-corrected chi connectivity index (χ0v) is 5.96. The number of rotatable bonds is 2. The van der Waals surface area contributed by atoms with Crippen molar-refractivity contribution >= 4 is 0 Å². The van der Waals surface area contributed by atoms with Gasteiger partial charge in [0, 0.05) is 24.8 Å². The second-order valence-electron chi connectivity index (χ2n) is 2.81. The second-order valence-corrected chi connectivity index (χ2v) is 2.81. The highest BCUT2D eigenvalue weighted by Gasteiger charge is 2.31. The summed E-state index contributed by atoms with van der Waals surface area (Å²) in [5.41, 5.74) is -0.980. The van der Waals surface area contributed by atoms with Gasteiger partial charge in [-0.2, -0.15) is 0 Å². The molecule has 1 rings (SSSR count). The molecule has 1 heterocycles. The fraction of sp³-hybridized carbons (Fsp3) is 0.667. The third-order valence-electron chi connectivity index (χ3n) is 1.30. The molecule has 1 aliphatic heterocycles. The monoisotopic (exact) mass is 143 g/mol. The molecule has 0 radical (unpaired) electrons. The van der Waals surface area contributed by atoms with Crippen LogP contribution >= 0.6 is 0 Å². The lowest BCUT2D eigenvalue weighted by Gasteiger charge is -2.07. The first-order chi connectivity index (χ1) is 4.52. The molecule has 0 aromatic carbocycles. The summed E-state index contributed by atoms with van der Waals surface area (Å²) in [6, 6.07) is 0. The standard InChI is InChI=1S/C6H9NO3/c1-6(2,7(8)9)3-5-4-10-5/h3H,4H2,1-2H3/b5-3-. The van der Waals surface area contributed by atoms with E-state index in [0.717, 1.165) is 5.76 Å². The van der Waals surface area contributed by atoms with Gasteiger partial charge in [0.2, 0.25) is 5.54 Å². The van der Waals surface area contributed by atoms with Crippen molar-refractivity contribution in [1.29, 1.82) is 0 Å². The van der Waals surface area contributed by atoms with Crippen molar-refractivity contribution in [2.45, 2.75) is 19.4 Å². The lowest BCUT2D eigenvalue weighted by molar-refractivity contribution is -0.545. The van der Waals surface area contributed by atoms with E-state index < -0.39 is 5.54 Å². The van der Waals surface area contributed by atoms with Crippen LogP contribution in [0.4, 0.5) is 0 Å². The summed E-state index contributed by atoms with van der Waals surface area (Å²) in [5, 5.41) is 10.3. The first kappa shape index (κ1) is 7.05. The quantitative estimate of drug-likeness (QED) is 0.328. The summed E-state index contributed by atoms with van der Waals surface area (Å²) < 4.78 is 4.75. The van der Waals surface area contributed by atoms with E-state index in [1.54, 1.807) is 13.8 Å². The molecule has 0 atom stereocenters. The van der Waals surface area contributed by atoms with Gasteiger partial charge in [-0.25, -0.2) is 0 Å². The first-order valence-corrected chi connectivity index (χ1v) is 3.01. The minimum atomic E-state index is -0.980. The highest BCUT2D eigenvalue weighted by atomic mass is 16.6. The largest absolute Gasteiger partial charge is 0.486 e. The predicted molar refractivity (Wildman–Crippen MR) is 35.1 cm³/mol. The number of hydrogen-bond donors (Lipinski definition) is 0. The van der Waals surface area contributed by atoms with Crippen LogP contribution in [-0.4, -0.2) is 17.1 Å². The van der Waals surface area contributed by atoms with Gasteiger partial charge in [-0.3, -0.25) is 10.1 Å². The minimum Gasteiger partial charge on any atom is -0.486 e. The van der Waals surface area contributed by atoms with Crippen LogP contribution < -0.4 is 0 Å². The second kappa shape index (κ2) is 1.97. The molecule has 1 fully saturated rings. The summed E-state index contributed by atoms with van der Waals surface area (Å²) in [6.45, 7) is 3.64. The number of epoxide rings is 1. The average Bonchev–Trinajstić information content (AvgIpc) is 2.48. The summed E-state index contributed by atoms with van der Waals surface area (Å²) in [6.07, 6.45) is 1.53. The van der Waals surface area contributed by atoms with Gasteiger partial charge in [0.1, 0.15) is 12.4 Å². The smallest absolute Gasteiger partial charge is 0.238 e. The Labute approximate surface area is 58.6 Å². The summed E-state index contributed by atoms with van der Waals surface area (Å²) in [4.78, 5) is 9.96. The molecular formula is C6H9NO3. The molecule has 1 aliphatic rings. The van der Waals surface area contributed by atoms with Crippen LogP contribution in [0, 0.1) is 10.1 Å². The molecule has 0 spiro atoms. The van der Waals surface area contributed by atoms with Crippen LogP contribution in [0.1, 0.15) is 13.8 Å². The maximum Gasteiger partial charge on any atom is 0.238 e. The molecule has 0 bridgehead atoms. The van der Waals surface area contributed by atoms with Gasteiger partial charge < -0.3 is 4.74 Å². The van der Waals surface area contributed by atoms with Crippen molar-refractivity contribution in [2.24, 2.45) is 0 Å². The van der Waals surface area contributed by atoms with E-state index in [0.29, 0.717) is 6.61 Å². The Balaban J connectivity index is 2.67. The van der Waals surface area contributed by atoms with Crippen LogP contribution in [0.3, 0.4) is 0 Å². The van der Waals surface area contributed by atoms with E-state index >= 15 is 0 Å². The molecule has 0 aromatic heterocycles. The molecule has 0 saturated carbocycles. The summed E-state index contributed by atoms with van der Waals surface area (Å²) >= 11 is 0. The van der Waals surface area contributed by atoms with Crippen LogP contribution in [-0.2, 0) is 4.74 Å². The Morgan fingerprint density at radius 3 is 2.60 bits per heavy atom. The molecule has 4 nitrogen and oxygen atoms in total. The maximum atomic E-state index is 10.3. The fourth-order valence-corrected chi connectivity index (χ4v) is 0.572. The molecule has 10 heavy (non-hydrogen) atoms. The van der Waals surface area contributed by atoms with Gasteiger partial charge in [0.25, 0.3) is 0 Å². The SMILES string of the molecule is CC(C)(/C=C1/CO1)[N+](=O)[O-]. The highest BCUT2D eigenvalue weighted by molar-refractivity contribution is 5.10. The molecule has 0 N–H and O–H groups in total. The minimum absolute atomic E-state index is 0.332. The molecule has 0 amide bonds. The van der Waals surface area contributed by atoms with E-state index in [2.05, 4.69) is 0 Å². The lowest BCUT2D eigenvalue weighted by atomic mass is 10.1. The Hall–Kier alpha value is -1.06. The molecule has 1 saturated heterocycles. The van der Waals surface area contributed by atoms with Gasteiger partial charge in [-0.15, -0.1) is 0 Å². The third-order valence-corrected chi connectivity index (χ3v) is 1.30. The predicted octanol–water partition coefficient (Wildman–Crippen LogP) is 0.956. The first-order valence-electron chi connectivity index (χ1n) is 3.01. The van der Waals surface area contributed by atoms with Crippen molar-refractivity contribution in [3.63, 3.8) is 0 Å². The van der Waals surface area contributed by atoms with Crippen LogP contribution in [0.15, 0.2) is 11.8 Å². The zero-order valence-electron chi connectivity index (χ0n) is 5.96. The molecule has 56 valence electrons. The molecule has 0 unspecified atom stereocenters. The normalized spacial score (nSPS) is 20.4. The van der Waals surface area contributed by atoms with Crippen LogP contribution in [0.25, 0.3) is 0 Å². The molecule has 4 heteroatoms. The Bertz CT molecular complexity index is 189. The van der Waals surface area contributed by atoms with Gasteiger partial charge in [0.05, 0.1) is 0 Å². The lowest BCUT2D eigenvalue weighted by Crippen LogP contribution is -2.27. The average molecular weight is 143 g/mol. The van der Waals surface area contributed by atoms with Crippen molar-refractivity contribution in [1.82, 2.24) is 0 Å². The van der Waals surface area contributed by atoms with E-state index in [4.69, 9.17) is 4.74 Å². The summed E-state index contributed by atoms with van der Waals surface area (Å²) in [5.74, 6) is 0.724. The topological polar surface area (TPSA) is 55.7 Å². The van der Waals surface area contributed by atoms with E-state index in [-0.39, 0.29) is 4.92 Å². The number of nitrogens with zero attached hydrogens (tertiary/aromatic N) is 1. The fourth-order valence-electron chi connectivity index (χ4n) is 0.572. The Morgan fingerprint density at radius 1 is 1.80 bits per heavy atom. The van der Waals surface area contributed by atoms with Crippen molar-refractivity contribution < 1.29 is 9.66 Å². The highest BCUT2D eigenvalue weighted by Crippen LogP contribution is 2.20. The van der Waals surface area contributed by atoms with Gasteiger partial charge in [-0.05, 0) is 0 Å². The number of hydrogen-bond acceptors (Lipinski definition) is 3. The number of ether oxygens (including phenoxy) is 1. The van der Waals surface area contributed by atoms with Gasteiger partial charge in [0.15, 0.2) is 0 Å². The van der Waals surface area contributed by atoms with Gasteiger partial charge >= 0.3 is 0 Å². The third kappa shape index (κ3) is 1.46. The van der Waals surface area contributed by atoms with E-state index in [9.17, 15) is 10.1 Å². The molecular weight excluding hydrogens is 134 g/mol. The van der Waals surface area contributed by atoms with Gasteiger partial charge in [-0.1, -0.05) is 0 Å². The number of nitro groups is 1. The molecule has 0 aromatic rings. The van der Waals surface area contributed by atoms with Crippen molar-refractivity contribution in [3.8, 4) is 0 Å². The van der Waals surface area contributed by atoms with E-state index in [1.165, 1.54) is 6.08 Å². The van der Waals surface area contributed by atoms with E-state index in [1.807, 2.05) is 0 Å². The Kier molecular flexibility index (Phi) is 1.39. The Morgan fingerprint density at radius 2 is 2.30 bits per heavy atom. The van der Waals surface area contributed by atoms with Crippen LogP contribution in [0.2, 0.25) is 0 Å². The maximum absolute atomic E-state index is 10.3. The summed E-state index contributed by atoms with van der Waals surface area (Å²) in [7, 11) is 0. The zero-order chi connectivity index (χ0) is 7.78.